The minimum atomic E-state index is 0.0318. The van der Waals surface area contributed by atoms with Crippen molar-refractivity contribution < 1.29 is 9.21 Å². The number of nitrogens with zero attached hydrogens (tertiary/aromatic N) is 1. The molecule has 0 radical (unpaired) electrons. The fourth-order valence-electron chi connectivity index (χ4n) is 2.84. The highest BCUT2D eigenvalue weighted by Crippen LogP contribution is 2.26. The van der Waals surface area contributed by atoms with E-state index in [0.717, 1.165) is 35.5 Å². The van der Waals surface area contributed by atoms with Crippen molar-refractivity contribution in [2.45, 2.75) is 31.7 Å². The average molecular weight is 305 g/mol. The Morgan fingerprint density at radius 2 is 2.43 bits per heavy atom. The highest BCUT2D eigenvalue weighted by molar-refractivity contribution is 7.13. The Morgan fingerprint density at radius 3 is 3.19 bits per heavy atom. The topological polar surface area (TPSA) is 81.1 Å². The van der Waals surface area contributed by atoms with Crippen LogP contribution in [-0.2, 0) is 11.2 Å². The second kappa shape index (κ2) is 6.41. The first kappa shape index (κ1) is 14.3. The fourth-order valence-corrected chi connectivity index (χ4v) is 3.64. The van der Waals surface area contributed by atoms with Gasteiger partial charge in [0.25, 0.3) is 0 Å². The van der Waals surface area contributed by atoms with Gasteiger partial charge >= 0.3 is 0 Å². The van der Waals surface area contributed by atoms with E-state index in [0.29, 0.717) is 18.9 Å². The molecule has 1 amide bonds. The van der Waals surface area contributed by atoms with Crippen LogP contribution in [0.3, 0.4) is 0 Å². The van der Waals surface area contributed by atoms with E-state index >= 15 is 0 Å². The molecule has 2 unspecified atom stereocenters. The minimum absolute atomic E-state index is 0.0318. The zero-order chi connectivity index (χ0) is 14.7. The number of rotatable bonds is 5. The molecule has 112 valence electrons. The van der Waals surface area contributed by atoms with Gasteiger partial charge in [0.05, 0.1) is 18.4 Å². The molecule has 0 bridgehead atoms. The van der Waals surface area contributed by atoms with Crippen molar-refractivity contribution in [3.63, 3.8) is 0 Å². The first-order valence-corrected chi connectivity index (χ1v) is 8.10. The summed E-state index contributed by atoms with van der Waals surface area (Å²) in [6.45, 7) is 0.645. The number of nitrogens with two attached hydrogens (primary N) is 1. The summed E-state index contributed by atoms with van der Waals surface area (Å²) in [5.41, 5.74) is 7.49. The van der Waals surface area contributed by atoms with Gasteiger partial charge in [-0.3, -0.25) is 4.79 Å². The molecule has 3 N–H and O–H groups in total. The predicted octanol–water partition coefficient (Wildman–Crippen LogP) is 2.19. The number of hydrogen-bond donors (Lipinski definition) is 2. The smallest absolute Gasteiger partial charge is 0.226 e. The van der Waals surface area contributed by atoms with Crippen LogP contribution in [0.5, 0.6) is 0 Å². The second-order valence-electron chi connectivity index (χ2n) is 5.43. The molecule has 3 rings (SSSR count). The highest BCUT2D eigenvalue weighted by atomic mass is 32.1. The maximum absolute atomic E-state index is 12.1. The molecule has 0 saturated heterocycles. The number of carbonyl (C=O) groups is 1. The SMILES string of the molecule is NCC1CCCC1NC(=O)Cc1csc(-c2ccoc2)n1. The molecule has 2 heterocycles. The number of amides is 1. The van der Waals surface area contributed by atoms with E-state index < -0.39 is 0 Å². The van der Waals surface area contributed by atoms with E-state index in [4.69, 9.17) is 10.2 Å². The molecule has 21 heavy (non-hydrogen) atoms. The zero-order valence-corrected chi connectivity index (χ0v) is 12.6. The molecule has 0 aliphatic heterocycles. The maximum atomic E-state index is 12.1. The summed E-state index contributed by atoms with van der Waals surface area (Å²) in [6, 6.07) is 2.10. The molecule has 1 aliphatic rings. The van der Waals surface area contributed by atoms with E-state index in [1.54, 1.807) is 12.5 Å². The second-order valence-corrected chi connectivity index (χ2v) is 6.29. The number of hydrogen-bond acceptors (Lipinski definition) is 5. The normalized spacial score (nSPS) is 21.6. The standard InChI is InChI=1S/C15H19N3O2S/c16-7-10-2-1-3-13(10)18-14(19)6-12-9-21-15(17-12)11-4-5-20-8-11/h4-5,8-10,13H,1-3,6-7,16H2,(H,18,19). The van der Waals surface area contributed by atoms with Gasteiger partial charge in [0, 0.05) is 17.0 Å². The van der Waals surface area contributed by atoms with Gasteiger partial charge in [-0.05, 0) is 31.4 Å². The van der Waals surface area contributed by atoms with Crippen LogP contribution in [0, 0.1) is 5.92 Å². The van der Waals surface area contributed by atoms with E-state index in [9.17, 15) is 4.79 Å². The Labute approximate surface area is 127 Å². The molecule has 0 aromatic carbocycles. The van der Waals surface area contributed by atoms with Crippen LogP contribution in [0.25, 0.3) is 10.6 Å². The van der Waals surface area contributed by atoms with Crippen molar-refractivity contribution in [1.29, 1.82) is 0 Å². The summed E-state index contributed by atoms with van der Waals surface area (Å²) in [5.74, 6) is 0.454. The molecular weight excluding hydrogens is 286 g/mol. The van der Waals surface area contributed by atoms with Crippen LogP contribution in [0.2, 0.25) is 0 Å². The quantitative estimate of drug-likeness (QED) is 0.887. The van der Waals surface area contributed by atoms with Crippen LogP contribution in [0.15, 0.2) is 28.4 Å². The van der Waals surface area contributed by atoms with Crippen molar-refractivity contribution in [2.75, 3.05) is 6.54 Å². The van der Waals surface area contributed by atoms with Gasteiger partial charge in [0.15, 0.2) is 0 Å². The van der Waals surface area contributed by atoms with Crippen LogP contribution in [0.1, 0.15) is 25.0 Å². The van der Waals surface area contributed by atoms with Gasteiger partial charge in [0.2, 0.25) is 5.91 Å². The summed E-state index contributed by atoms with van der Waals surface area (Å²) in [7, 11) is 0. The summed E-state index contributed by atoms with van der Waals surface area (Å²) >= 11 is 1.53. The lowest BCUT2D eigenvalue weighted by molar-refractivity contribution is -0.121. The minimum Gasteiger partial charge on any atom is -0.472 e. The summed E-state index contributed by atoms with van der Waals surface area (Å²) in [5, 5.41) is 5.91. The highest BCUT2D eigenvalue weighted by Gasteiger charge is 2.27. The lowest BCUT2D eigenvalue weighted by atomic mass is 10.0. The third-order valence-electron chi connectivity index (χ3n) is 3.97. The van der Waals surface area contributed by atoms with Gasteiger partial charge in [-0.2, -0.15) is 0 Å². The number of nitrogens with one attached hydrogen (secondary N) is 1. The van der Waals surface area contributed by atoms with Gasteiger partial charge in [0.1, 0.15) is 11.3 Å². The molecule has 2 aromatic rings. The van der Waals surface area contributed by atoms with Gasteiger partial charge in [-0.15, -0.1) is 11.3 Å². The van der Waals surface area contributed by atoms with Crippen molar-refractivity contribution >= 4 is 17.2 Å². The first-order valence-electron chi connectivity index (χ1n) is 7.22. The molecule has 2 atom stereocenters. The molecule has 1 saturated carbocycles. The maximum Gasteiger partial charge on any atom is 0.226 e. The van der Waals surface area contributed by atoms with Crippen molar-refractivity contribution in [3.05, 3.63) is 29.7 Å². The number of aromatic nitrogens is 1. The van der Waals surface area contributed by atoms with Crippen LogP contribution < -0.4 is 11.1 Å². The van der Waals surface area contributed by atoms with Gasteiger partial charge in [-0.1, -0.05) is 6.42 Å². The largest absolute Gasteiger partial charge is 0.472 e. The number of carbonyl (C=O) groups excluding carboxylic acids is 1. The average Bonchev–Trinajstić information content (AvgIpc) is 3.19. The Bertz CT molecular complexity index is 594. The first-order chi connectivity index (χ1) is 10.3. The van der Waals surface area contributed by atoms with Crippen molar-refractivity contribution in [2.24, 2.45) is 11.7 Å². The molecule has 1 fully saturated rings. The molecule has 6 heteroatoms. The Morgan fingerprint density at radius 1 is 1.52 bits per heavy atom. The summed E-state index contributed by atoms with van der Waals surface area (Å²) in [4.78, 5) is 16.6. The van der Waals surface area contributed by atoms with E-state index in [2.05, 4.69) is 10.3 Å². The Balaban J connectivity index is 1.58. The molecular formula is C15H19N3O2S. The zero-order valence-electron chi connectivity index (χ0n) is 11.7. The van der Waals surface area contributed by atoms with E-state index in [-0.39, 0.29) is 11.9 Å². The monoisotopic (exact) mass is 305 g/mol. The van der Waals surface area contributed by atoms with Crippen molar-refractivity contribution in [1.82, 2.24) is 10.3 Å². The Kier molecular flexibility index (Phi) is 4.36. The lowest BCUT2D eigenvalue weighted by Gasteiger charge is -2.19. The fraction of sp³-hybridized carbons (Fsp3) is 0.467. The molecule has 5 nitrogen and oxygen atoms in total. The summed E-state index contributed by atoms with van der Waals surface area (Å²) < 4.78 is 5.05. The third kappa shape index (κ3) is 3.33. The van der Waals surface area contributed by atoms with E-state index in [1.807, 2.05) is 11.4 Å². The predicted molar refractivity (Wildman–Crippen MR) is 81.8 cm³/mol. The number of furan rings is 1. The van der Waals surface area contributed by atoms with Gasteiger partial charge < -0.3 is 15.5 Å². The van der Waals surface area contributed by atoms with Crippen LogP contribution >= 0.6 is 11.3 Å². The lowest BCUT2D eigenvalue weighted by Crippen LogP contribution is -2.40. The van der Waals surface area contributed by atoms with Gasteiger partial charge in [-0.25, -0.2) is 4.98 Å². The third-order valence-corrected chi connectivity index (χ3v) is 4.91. The Hall–Kier alpha value is -1.66. The van der Waals surface area contributed by atoms with Crippen LogP contribution in [-0.4, -0.2) is 23.5 Å². The molecule has 1 aliphatic carbocycles. The van der Waals surface area contributed by atoms with E-state index in [1.165, 1.54) is 11.3 Å². The molecule has 2 aromatic heterocycles. The number of thiazole rings is 1. The summed E-state index contributed by atoms with van der Waals surface area (Å²) in [6.07, 6.45) is 6.90. The van der Waals surface area contributed by atoms with Crippen LogP contribution in [0.4, 0.5) is 0 Å². The molecule has 0 spiro atoms. The van der Waals surface area contributed by atoms with Crippen molar-refractivity contribution in [3.8, 4) is 10.6 Å².